The van der Waals surface area contributed by atoms with E-state index in [1.54, 1.807) is 18.2 Å². The summed E-state index contributed by atoms with van der Waals surface area (Å²) >= 11 is 6.13. The number of rotatable bonds is 3. The summed E-state index contributed by atoms with van der Waals surface area (Å²) in [5.41, 5.74) is 0.723. The number of amides is 2. The molecule has 2 amide bonds. The highest BCUT2D eigenvalue weighted by Crippen LogP contribution is 2.29. The van der Waals surface area contributed by atoms with Crippen molar-refractivity contribution in [2.45, 2.75) is 25.3 Å². The van der Waals surface area contributed by atoms with E-state index in [0.717, 1.165) is 18.4 Å². The van der Waals surface area contributed by atoms with Crippen LogP contribution in [-0.4, -0.2) is 24.4 Å². The molecular weight excluding hydrogens is 316 g/mol. The summed E-state index contributed by atoms with van der Waals surface area (Å²) in [5.74, 6) is 0.141. The summed E-state index contributed by atoms with van der Waals surface area (Å²) < 4.78 is 5.59. The topological polar surface area (TPSA) is 71.3 Å². The largest absolute Gasteiger partial charge is 0.451 e. The third-order valence-electron chi connectivity index (χ3n) is 3.81. The molecule has 6 heteroatoms. The molecule has 0 bridgehead atoms. The maximum Gasteiger partial charge on any atom is 0.287 e. The Labute approximate surface area is 139 Å². The van der Waals surface area contributed by atoms with Gasteiger partial charge in [0.25, 0.3) is 5.91 Å². The quantitative estimate of drug-likeness (QED) is 0.907. The monoisotopic (exact) mass is 332 g/mol. The fourth-order valence-corrected chi connectivity index (χ4v) is 2.80. The second-order valence-electron chi connectivity index (χ2n) is 5.46. The van der Waals surface area contributed by atoms with Crippen LogP contribution in [0.5, 0.6) is 0 Å². The van der Waals surface area contributed by atoms with Crippen LogP contribution in [0.15, 0.2) is 40.8 Å². The molecule has 23 heavy (non-hydrogen) atoms. The van der Waals surface area contributed by atoms with Crippen LogP contribution in [0, 0.1) is 0 Å². The van der Waals surface area contributed by atoms with Gasteiger partial charge in [-0.05, 0) is 43.5 Å². The van der Waals surface area contributed by atoms with E-state index in [1.165, 1.54) is 0 Å². The summed E-state index contributed by atoms with van der Waals surface area (Å²) in [5, 5.41) is 6.07. The smallest absolute Gasteiger partial charge is 0.287 e. The molecule has 1 atom stereocenters. The SMILES string of the molecule is O=C(N[C@H]1CCCCNC1=O)c1ccc(-c2ccccc2Cl)o1. The van der Waals surface area contributed by atoms with E-state index in [2.05, 4.69) is 10.6 Å². The maximum absolute atomic E-state index is 12.3. The predicted molar refractivity (Wildman–Crippen MR) is 87.3 cm³/mol. The predicted octanol–water partition coefficient (Wildman–Crippen LogP) is 3.00. The van der Waals surface area contributed by atoms with Gasteiger partial charge in [0.2, 0.25) is 5.91 Å². The Bertz CT molecular complexity index is 726. The van der Waals surface area contributed by atoms with E-state index in [9.17, 15) is 9.59 Å². The van der Waals surface area contributed by atoms with Crippen molar-refractivity contribution < 1.29 is 14.0 Å². The lowest BCUT2D eigenvalue weighted by Crippen LogP contribution is -2.45. The number of benzene rings is 1. The highest BCUT2D eigenvalue weighted by molar-refractivity contribution is 6.33. The maximum atomic E-state index is 12.3. The van der Waals surface area contributed by atoms with Crippen LogP contribution >= 0.6 is 11.6 Å². The van der Waals surface area contributed by atoms with Gasteiger partial charge < -0.3 is 15.1 Å². The molecular formula is C17H17ClN2O3. The number of furan rings is 1. The molecule has 3 rings (SSSR count). The number of hydrogen-bond donors (Lipinski definition) is 2. The van der Waals surface area contributed by atoms with Crippen molar-refractivity contribution in [1.29, 1.82) is 0 Å². The molecule has 0 unspecified atom stereocenters. The number of carbonyl (C=O) groups excluding carboxylic acids is 2. The highest BCUT2D eigenvalue weighted by atomic mass is 35.5. The van der Waals surface area contributed by atoms with Crippen LogP contribution in [0.3, 0.4) is 0 Å². The Balaban J connectivity index is 1.74. The van der Waals surface area contributed by atoms with Crippen molar-refractivity contribution in [2.24, 2.45) is 0 Å². The number of nitrogens with one attached hydrogen (secondary N) is 2. The molecule has 5 nitrogen and oxygen atoms in total. The minimum Gasteiger partial charge on any atom is -0.451 e. The van der Waals surface area contributed by atoms with Crippen molar-refractivity contribution in [3.05, 3.63) is 47.2 Å². The molecule has 1 aliphatic rings. The normalized spacial score (nSPS) is 18.1. The van der Waals surface area contributed by atoms with Crippen molar-refractivity contribution in [1.82, 2.24) is 10.6 Å². The van der Waals surface area contributed by atoms with Crippen LogP contribution in [0.2, 0.25) is 5.02 Å². The molecule has 1 aromatic heterocycles. The van der Waals surface area contributed by atoms with Crippen LogP contribution in [0.4, 0.5) is 0 Å². The molecule has 1 fully saturated rings. The second kappa shape index (κ2) is 6.87. The van der Waals surface area contributed by atoms with Crippen molar-refractivity contribution in [2.75, 3.05) is 6.54 Å². The van der Waals surface area contributed by atoms with Crippen LogP contribution in [0.1, 0.15) is 29.8 Å². The third kappa shape index (κ3) is 3.56. The molecule has 2 heterocycles. The summed E-state index contributed by atoms with van der Waals surface area (Å²) in [6.45, 7) is 0.655. The number of halogens is 1. The second-order valence-corrected chi connectivity index (χ2v) is 5.86. The first-order valence-corrected chi connectivity index (χ1v) is 7.96. The van der Waals surface area contributed by atoms with Crippen LogP contribution in [0.25, 0.3) is 11.3 Å². The first-order valence-electron chi connectivity index (χ1n) is 7.58. The Morgan fingerprint density at radius 3 is 2.87 bits per heavy atom. The van der Waals surface area contributed by atoms with Gasteiger partial charge in [-0.2, -0.15) is 0 Å². The third-order valence-corrected chi connectivity index (χ3v) is 4.14. The van der Waals surface area contributed by atoms with Gasteiger partial charge in [-0.15, -0.1) is 0 Å². The molecule has 2 aromatic rings. The van der Waals surface area contributed by atoms with E-state index in [4.69, 9.17) is 16.0 Å². The molecule has 1 aromatic carbocycles. The molecule has 120 valence electrons. The lowest BCUT2D eigenvalue weighted by Gasteiger charge is -2.14. The molecule has 1 aliphatic heterocycles. The van der Waals surface area contributed by atoms with Crippen molar-refractivity contribution in [3.8, 4) is 11.3 Å². The van der Waals surface area contributed by atoms with Gasteiger partial charge in [0.1, 0.15) is 11.8 Å². The van der Waals surface area contributed by atoms with Gasteiger partial charge in [0.05, 0.1) is 5.02 Å². The van der Waals surface area contributed by atoms with E-state index in [0.29, 0.717) is 23.7 Å². The highest BCUT2D eigenvalue weighted by Gasteiger charge is 2.24. The van der Waals surface area contributed by atoms with Gasteiger partial charge in [-0.25, -0.2) is 0 Å². The van der Waals surface area contributed by atoms with E-state index >= 15 is 0 Å². The van der Waals surface area contributed by atoms with E-state index < -0.39 is 11.9 Å². The average Bonchev–Trinajstić information content (AvgIpc) is 2.95. The van der Waals surface area contributed by atoms with E-state index in [1.807, 2.05) is 18.2 Å². The molecule has 0 saturated carbocycles. The fraction of sp³-hybridized carbons (Fsp3) is 0.294. The van der Waals surface area contributed by atoms with Crippen molar-refractivity contribution in [3.63, 3.8) is 0 Å². The lowest BCUT2D eigenvalue weighted by atomic mass is 10.1. The summed E-state index contributed by atoms with van der Waals surface area (Å²) in [6.07, 6.45) is 2.46. The van der Waals surface area contributed by atoms with Crippen LogP contribution in [-0.2, 0) is 4.79 Å². The zero-order valence-electron chi connectivity index (χ0n) is 12.5. The first-order chi connectivity index (χ1) is 11.1. The van der Waals surface area contributed by atoms with Gasteiger partial charge in [-0.1, -0.05) is 23.7 Å². The van der Waals surface area contributed by atoms with E-state index in [-0.39, 0.29) is 11.7 Å². The van der Waals surface area contributed by atoms with Gasteiger partial charge >= 0.3 is 0 Å². The molecule has 0 spiro atoms. The zero-order valence-corrected chi connectivity index (χ0v) is 13.2. The minimum atomic E-state index is -0.515. The first kappa shape index (κ1) is 15.6. The van der Waals surface area contributed by atoms with Crippen molar-refractivity contribution >= 4 is 23.4 Å². The van der Waals surface area contributed by atoms with Crippen LogP contribution < -0.4 is 10.6 Å². The Morgan fingerprint density at radius 1 is 1.22 bits per heavy atom. The molecule has 0 aliphatic carbocycles. The number of carbonyl (C=O) groups is 2. The lowest BCUT2D eigenvalue weighted by molar-refractivity contribution is -0.122. The summed E-state index contributed by atoms with van der Waals surface area (Å²) in [7, 11) is 0. The Kier molecular flexibility index (Phi) is 4.67. The zero-order chi connectivity index (χ0) is 16.2. The minimum absolute atomic E-state index is 0.145. The standard InChI is InChI=1S/C17H17ClN2O3/c18-12-6-2-1-5-11(12)14-8-9-15(23-14)17(22)20-13-7-3-4-10-19-16(13)21/h1-2,5-6,8-9,13H,3-4,7,10H2,(H,19,21)(H,20,22)/t13-/m0/s1. The molecule has 0 radical (unpaired) electrons. The number of hydrogen-bond acceptors (Lipinski definition) is 3. The molecule has 1 saturated heterocycles. The average molecular weight is 333 g/mol. The van der Waals surface area contributed by atoms with Gasteiger partial charge in [0, 0.05) is 12.1 Å². The fourth-order valence-electron chi connectivity index (χ4n) is 2.57. The summed E-state index contributed by atoms with van der Waals surface area (Å²) in [4.78, 5) is 24.2. The Hall–Kier alpha value is -2.27. The van der Waals surface area contributed by atoms with Gasteiger partial charge in [-0.3, -0.25) is 9.59 Å². The van der Waals surface area contributed by atoms with Gasteiger partial charge in [0.15, 0.2) is 5.76 Å². The molecule has 2 N–H and O–H groups in total. The Morgan fingerprint density at radius 2 is 2.04 bits per heavy atom. The summed E-state index contributed by atoms with van der Waals surface area (Å²) in [6, 6.07) is 10.0.